The summed E-state index contributed by atoms with van der Waals surface area (Å²) in [7, 11) is 4.19. The third-order valence-corrected chi connectivity index (χ3v) is 2.30. The predicted octanol–water partition coefficient (Wildman–Crippen LogP) is 1.81. The van der Waals surface area contributed by atoms with Gasteiger partial charge in [-0.2, -0.15) is 0 Å². The lowest BCUT2D eigenvalue weighted by molar-refractivity contribution is -0.106. The second kappa shape index (κ2) is 5.79. The van der Waals surface area contributed by atoms with Gasteiger partial charge < -0.3 is 14.2 Å². The number of ether oxygens (including phenoxy) is 3. The van der Waals surface area contributed by atoms with Crippen molar-refractivity contribution in [3.63, 3.8) is 0 Å². The van der Waals surface area contributed by atoms with Crippen molar-refractivity contribution in [1.29, 1.82) is 0 Å². The van der Waals surface area contributed by atoms with Gasteiger partial charge in [-0.05, 0) is 6.07 Å². The molecule has 0 aliphatic rings. The first kappa shape index (κ1) is 12.9. The van der Waals surface area contributed by atoms with E-state index in [1.165, 1.54) is 27.5 Å². The molecule has 1 rings (SSSR count). The van der Waals surface area contributed by atoms with Crippen molar-refractivity contribution < 1.29 is 19.0 Å². The molecule has 0 fully saturated rings. The van der Waals surface area contributed by atoms with Crippen LogP contribution in [0.1, 0.15) is 22.2 Å². The van der Waals surface area contributed by atoms with Crippen LogP contribution >= 0.6 is 11.6 Å². The highest BCUT2D eigenvalue weighted by atomic mass is 35.5. The Morgan fingerprint density at radius 2 is 2.00 bits per heavy atom. The van der Waals surface area contributed by atoms with Crippen LogP contribution < -0.4 is 0 Å². The number of pyridine rings is 1. The molecule has 5 nitrogen and oxygen atoms in total. The summed E-state index contributed by atoms with van der Waals surface area (Å²) in [5.74, 6) is -0.577. The van der Waals surface area contributed by atoms with Gasteiger partial charge in [-0.15, -0.1) is 0 Å². The summed E-state index contributed by atoms with van der Waals surface area (Å²) < 4.78 is 14.7. The van der Waals surface area contributed by atoms with Crippen molar-refractivity contribution in [3.05, 3.63) is 28.5 Å². The molecule has 1 aromatic rings. The van der Waals surface area contributed by atoms with Gasteiger partial charge in [0.2, 0.25) is 0 Å². The molecule has 0 saturated carbocycles. The highest BCUT2D eigenvalue weighted by Gasteiger charge is 2.22. The molecule has 6 heteroatoms. The Labute approximate surface area is 98.3 Å². The second-order valence-corrected chi connectivity index (χ2v) is 3.22. The van der Waals surface area contributed by atoms with Gasteiger partial charge in [-0.3, -0.25) is 0 Å². The molecule has 1 aromatic heterocycles. The maximum atomic E-state index is 11.5. The van der Waals surface area contributed by atoms with Crippen LogP contribution in [0.25, 0.3) is 0 Å². The fourth-order valence-corrected chi connectivity index (χ4v) is 1.54. The van der Waals surface area contributed by atoms with E-state index in [4.69, 9.17) is 21.1 Å². The minimum absolute atomic E-state index is 0.0588. The van der Waals surface area contributed by atoms with Crippen LogP contribution in [0.4, 0.5) is 0 Å². The van der Waals surface area contributed by atoms with E-state index in [9.17, 15) is 4.79 Å². The average Bonchev–Trinajstić information content (AvgIpc) is 2.30. The van der Waals surface area contributed by atoms with Crippen LogP contribution in [0, 0.1) is 0 Å². The van der Waals surface area contributed by atoms with E-state index in [-0.39, 0.29) is 10.7 Å². The van der Waals surface area contributed by atoms with Gasteiger partial charge in [0.05, 0.1) is 7.11 Å². The number of nitrogens with zero attached hydrogens (tertiary/aromatic N) is 1. The normalized spacial score (nSPS) is 10.6. The summed E-state index contributed by atoms with van der Waals surface area (Å²) in [6.45, 7) is 0. The first-order valence-electron chi connectivity index (χ1n) is 4.44. The van der Waals surface area contributed by atoms with Crippen LogP contribution in [-0.4, -0.2) is 32.3 Å². The van der Waals surface area contributed by atoms with E-state index in [1.807, 2.05) is 0 Å². The van der Waals surface area contributed by atoms with Gasteiger partial charge >= 0.3 is 5.97 Å². The van der Waals surface area contributed by atoms with Crippen LogP contribution in [0.3, 0.4) is 0 Å². The van der Waals surface area contributed by atoms with Crippen molar-refractivity contribution in [2.45, 2.75) is 6.29 Å². The molecule has 0 saturated heterocycles. The quantitative estimate of drug-likeness (QED) is 0.460. The molecule has 1 heterocycles. The summed E-state index contributed by atoms with van der Waals surface area (Å²) in [4.78, 5) is 15.3. The molecule has 0 radical (unpaired) electrons. The Balaban J connectivity index is 3.27. The standard InChI is InChI=1S/C10H12ClNO4/c1-14-9(13)7-6(10(15-2)16-3)4-5-12-8(7)11/h4-5,10H,1-3H3. The van der Waals surface area contributed by atoms with Crippen LogP contribution in [0.15, 0.2) is 12.3 Å². The van der Waals surface area contributed by atoms with Crippen LogP contribution in [0.5, 0.6) is 0 Å². The number of hydrogen-bond donors (Lipinski definition) is 0. The highest BCUT2D eigenvalue weighted by Crippen LogP contribution is 2.26. The highest BCUT2D eigenvalue weighted by molar-refractivity contribution is 6.32. The van der Waals surface area contributed by atoms with E-state index < -0.39 is 12.3 Å². The smallest absolute Gasteiger partial charge is 0.341 e. The predicted molar refractivity (Wildman–Crippen MR) is 57.3 cm³/mol. The molecule has 0 atom stereocenters. The van der Waals surface area contributed by atoms with Crippen molar-refractivity contribution in [3.8, 4) is 0 Å². The Kier molecular flexibility index (Phi) is 4.67. The van der Waals surface area contributed by atoms with Gasteiger partial charge in [0, 0.05) is 26.0 Å². The molecular weight excluding hydrogens is 234 g/mol. The molecule has 0 aliphatic carbocycles. The van der Waals surface area contributed by atoms with Gasteiger partial charge in [0.25, 0.3) is 0 Å². The van der Waals surface area contributed by atoms with Crippen LogP contribution in [-0.2, 0) is 14.2 Å². The van der Waals surface area contributed by atoms with Gasteiger partial charge in [0.1, 0.15) is 10.7 Å². The number of rotatable bonds is 4. The Hall–Kier alpha value is -1.17. The number of halogens is 1. The van der Waals surface area contributed by atoms with E-state index in [0.29, 0.717) is 5.56 Å². The van der Waals surface area contributed by atoms with Crippen molar-refractivity contribution in [1.82, 2.24) is 4.98 Å². The summed E-state index contributed by atoms with van der Waals surface area (Å²) in [6.07, 6.45) is 0.782. The summed E-state index contributed by atoms with van der Waals surface area (Å²) in [5.41, 5.74) is 0.636. The summed E-state index contributed by atoms with van der Waals surface area (Å²) in [5, 5.41) is 0.0588. The number of aromatic nitrogens is 1. The fourth-order valence-electron chi connectivity index (χ4n) is 1.30. The summed E-state index contributed by atoms with van der Waals surface area (Å²) in [6, 6.07) is 1.59. The zero-order valence-corrected chi connectivity index (χ0v) is 9.95. The SMILES string of the molecule is COC(=O)c1c(C(OC)OC)ccnc1Cl. The largest absolute Gasteiger partial charge is 0.465 e. The number of carbonyl (C=O) groups excluding carboxylic acids is 1. The molecule has 16 heavy (non-hydrogen) atoms. The minimum atomic E-state index is -0.686. The lowest BCUT2D eigenvalue weighted by atomic mass is 10.1. The molecule has 0 unspecified atom stereocenters. The van der Waals surface area contributed by atoms with E-state index >= 15 is 0 Å². The third kappa shape index (κ3) is 2.49. The van der Waals surface area contributed by atoms with Gasteiger partial charge in [0.15, 0.2) is 6.29 Å². The van der Waals surface area contributed by atoms with E-state index in [2.05, 4.69) is 9.72 Å². The first-order chi connectivity index (χ1) is 7.65. The number of esters is 1. The molecule has 0 aromatic carbocycles. The zero-order valence-electron chi connectivity index (χ0n) is 9.19. The van der Waals surface area contributed by atoms with E-state index in [0.717, 1.165) is 0 Å². The third-order valence-electron chi connectivity index (χ3n) is 2.01. The number of carbonyl (C=O) groups is 1. The molecule has 0 bridgehead atoms. The van der Waals surface area contributed by atoms with Crippen molar-refractivity contribution in [2.75, 3.05) is 21.3 Å². The van der Waals surface area contributed by atoms with E-state index in [1.54, 1.807) is 6.07 Å². The molecular formula is C10H12ClNO4. The topological polar surface area (TPSA) is 57.7 Å². The lowest BCUT2D eigenvalue weighted by Crippen LogP contribution is -2.13. The first-order valence-corrected chi connectivity index (χ1v) is 4.81. The molecule has 0 amide bonds. The monoisotopic (exact) mass is 245 g/mol. The Morgan fingerprint density at radius 1 is 1.38 bits per heavy atom. The van der Waals surface area contributed by atoms with Gasteiger partial charge in [-0.25, -0.2) is 9.78 Å². The average molecular weight is 246 g/mol. The van der Waals surface area contributed by atoms with Crippen molar-refractivity contribution in [2.24, 2.45) is 0 Å². The second-order valence-electron chi connectivity index (χ2n) is 2.86. The Morgan fingerprint density at radius 3 is 2.50 bits per heavy atom. The molecule has 88 valence electrons. The van der Waals surface area contributed by atoms with Gasteiger partial charge in [-0.1, -0.05) is 11.6 Å². The molecule has 0 N–H and O–H groups in total. The number of hydrogen-bond acceptors (Lipinski definition) is 5. The maximum Gasteiger partial charge on any atom is 0.341 e. The number of methoxy groups -OCH3 is 3. The molecule has 0 aliphatic heterocycles. The lowest BCUT2D eigenvalue weighted by Gasteiger charge is -2.16. The van der Waals surface area contributed by atoms with Crippen molar-refractivity contribution >= 4 is 17.6 Å². The maximum absolute atomic E-state index is 11.5. The molecule has 0 spiro atoms. The Bertz CT molecular complexity index is 379. The minimum Gasteiger partial charge on any atom is -0.465 e. The zero-order chi connectivity index (χ0) is 12.1. The fraction of sp³-hybridized carbons (Fsp3) is 0.400. The van der Waals surface area contributed by atoms with Crippen LogP contribution in [0.2, 0.25) is 5.15 Å². The summed E-state index contributed by atoms with van der Waals surface area (Å²) >= 11 is 5.84.